The summed E-state index contributed by atoms with van der Waals surface area (Å²) in [5.74, 6) is -0.663. The minimum atomic E-state index is -3.78. The van der Waals surface area contributed by atoms with Crippen molar-refractivity contribution >= 4 is 39.3 Å². The van der Waals surface area contributed by atoms with E-state index in [4.69, 9.17) is 0 Å². The van der Waals surface area contributed by atoms with Crippen molar-refractivity contribution in [2.45, 2.75) is 16.3 Å². The predicted octanol–water partition coefficient (Wildman–Crippen LogP) is 1.78. The first-order chi connectivity index (χ1) is 12.9. The maximum absolute atomic E-state index is 12.6. The average molecular weight is 406 g/mol. The van der Waals surface area contributed by atoms with Crippen LogP contribution in [-0.2, 0) is 30.9 Å². The SMILES string of the molecule is COC(=O)CN1C(=O)CSc2ccc(S(=O)(=O)NCc3ccccc3)cc21. The van der Waals surface area contributed by atoms with Crippen LogP contribution in [0.1, 0.15) is 5.56 Å². The van der Waals surface area contributed by atoms with Gasteiger partial charge < -0.3 is 4.74 Å². The molecule has 0 aromatic heterocycles. The first kappa shape index (κ1) is 19.4. The van der Waals surface area contributed by atoms with Crippen molar-refractivity contribution in [2.24, 2.45) is 0 Å². The number of fused-ring (bicyclic) bond motifs is 1. The summed E-state index contributed by atoms with van der Waals surface area (Å²) < 4.78 is 32.5. The van der Waals surface area contributed by atoms with E-state index in [1.165, 1.54) is 35.9 Å². The molecule has 0 saturated heterocycles. The predicted molar refractivity (Wildman–Crippen MR) is 102 cm³/mol. The fourth-order valence-corrected chi connectivity index (χ4v) is 4.53. The van der Waals surface area contributed by atoms with Crippen molar-refractivity contribution in [2.75, 3.05) is 24.3 Å². The largest absolute Gasteiger partial charge is 0.468 e. The van der Waals surface area contributed by atoms with Gasteiger partial charge in [-0.05, 0) is 23.8 Å². The molecule has 0 bridgehead atoms. The maximum atomic E-state index is 12.6. The summed E-state index contributed by atoms with van der Waals surface area (Å²) in [7, 11) is -2.54. The molecule has 0 saturated carbocycles. The van der Waals surface area contributed by atoms with Crippen LogP contribution < -0.4 is 9.62 Å². The van der Waals surface area contributed by atoms with Gasteiger partial charge in [0.25, 0.3) is 0 Å². The topological polar surface area (TPSA) is 92.8 Å². The zero-order valence-corrected chi connectivity index (χ0v) is 16.2. The van der Waals surface area contributed by atoms with Gasteiger partial charge in [0.2, 0.25) is 15.9 Å². The number of hydrogen-bond acceptors (Lipinski definition) is 6. The molecule has 2 aromatic rings. The van der Waals surface area contributed by atoms with Crippen molar-refractivity contribution < 1.29 is 22.7 Å². The van der Waals surface area contributed by atoms with Crippen LogP contribution in [0.25, 0.3) is 0 Å². The third-order valence-electron chi connectivity index (χ3n) is 4.01. The molecule has 7 nitrogen and oxygen atoms in total. The second kappa shape index (κ2) is 8.12. The lowest BCUT2D eigenvalue weighted by Crippen LogP contribution is -2.39. The molecule has 1 aliphatic heterocycles. The van der Waals surface area contributed by atoms with E-state index in [1.54, 1.807) is 6.07 Å². The highest BCUT2D eigenvalue weighted by Gasteiger charge is 2.28. The number of methoxy groups -OCH3 is 1. The molecule has 0 aliphatic carbocycles. The molecule has 0 unspecified atom stereocenters. The van der Waals surface area contributed by atoms with Gasteiger partial charge in [-0.15, -0.1) is 11.8 Å². The molecule has 27 heavy (non-hydrogen) atoms. The number of nitrogens with one attached hydrogen (secondary N) is 1. The summed E-state index contributed by atoms with van der Waals surface area (Å²) in [5.41, 5.74) is 1.22. The number of carbonyl (C=O) groups excluding carboxylic acids is 2. The molecule has 0 fully saturated rings. The number of esters is 1. The van der Waals surface area contributed by atoms with Gasteiger partial charge in [0.1, 0.15) is 6.54 Å². The number of amides is 1. The summed E-state index contributed by atoms with van der Waals surface area (Å²) in [6, 6.07) is 13.7. The van der Waals surface area contributed by atoms with Crippen LogP contribution >= 0.6 is 11.8 Å². The molecule has 0 radical (unpaired) electrons. The van der Waals surface area contributed by atoms with Crippen LogP contribution in [0, 0.1) is 0 Å². The van der Waals surface area contributed by atoms with E-state index < -0.39 is 16.0 Å². The zero-order valence-electron chi connectivity index (χ0n) is 14.5. The lowest BCUT2D eigenvalue weighted by atomic mass is 10.2. The Bertz CT molecular complexity index is 961. The molecular formula is C18H18N2O5S2. The van der Waals surface area contributed by atoms with Crippen molar-refractivity contribution in [3.8, 4) is 0 Å². The molecule has 1 heterocycles. The Labute approximate surface area is 161 Å². The fourth-order valence-electron chi connectivity index (χ4n) is 2.57. The van der Waals surface area contributed by atoms with Crippen molar-refractivity contribution in [1.82, 2.24) is 4.72 Å². The van der Waals surface area contributed by atoms with Crippen LogP contribution in [0.3, 0.4) is 0 Å². The van der Waals surface area contributed by atoms with E-state index in [-0.39, 0.29) is 29.6 Å². The van der Waals surface area contributed by atoms with Crippen LogP contribution in [0.4, 0.5) is 5.69 Å². The zero-order chi connectivity index (χ0) is 19.4. The van der Waals surface area contributed by atoms with Gasteiger partial charge >= 0.3 is 5.97 Å². The molecule has 0 atom stereocenters. The number of hydrogen-bond donors (Lipinski definition) is 1. The van der Waals surface area contributed by atoms with Gasteiger partial charge in [-0.3, -0.25) is 14.5 Å². The summed E-state index contributed by atoms with van der Waals surface area (Å²) in [6.07, 6.45) is 0. The second-order valence-electron chi connectivity index (χ2n) is 5.78. The summed E-state index contributed by atoms with van der Waals surface area (Å²) in [4.78, 5) is 25.9. The first-order valence-corrected chi connectivity index (χ1v) is 10.6. The minimum Gasteiger partial charge on any atom is -0.468 e. The Morgan fingerprint density at radius 1 is 1.22 bits per heavy atom. The lowest BCUT2D eigenvalue weighted by Gasteiger charge is -2.28. The van der Waals surface area contributed by atoms with E-state index >= 15 is 0 Å². The fraction of sp³-hybridized carbons (Fsp3) is 0.222. The number of anilines is 1. The number of benzene rings is 2. The maximum Gasteiger partial charge on any atom is 0.325 e. The number of carbonyl (C=O) groups is 2. The highest BCUT2D eigenvalue weighted by molar-refractivity contribution is 8.00. The molecule has 1 aliphatic rings. The Morgan fingerprint density at radius 3 is 2.67 bits per heavy atom. The van der Waals surface area contributed by atoms with Crippen LogP contribution in [0.5, 0.6) is 0 Å². The highest BCUT2D eigenvalue weighted by Crippen LogP contribution is 2.36. The molecule has 0 spiro atoms. The molecular weight excluding hydrogens is 388 g/mol. The number of rotatable bonds is 6. The number of sulfonamides is 1. The number of nitrogens with zero attached hydrogens (tertiary/aromatic N) is 1. The Kier molecular flexibility index (Phi) is 5.83. The molecule has 3 rings (SSSR count). The normalized spacial score (nSPS) is 14.0. The third kappa shape index (κ3) is 4.49. The van der Waals surface area contributed by atoms with Crippen LogP contribution in [0.15, 0.2) is 58.3 Å². The smallest absolute Gasteiger partial charge is 0.325 e. The minimum absolute atomic E-state index is 0.0300. The van der Waals surface area contributed by atoms with Gasteiger partial charge in [-0.2, -0.15) is 0 Å². The lowest BCUT2D eigenvalue weighted by molar-refractivity contribution is -0.139. The standard InChI is InChI=1S/C18H18N2O5S2/c1-25-18(22)11-20-15-9-14(7-8-16(15)26-12-17(20)21)27(23,24)19-10-13-5-3-2-4-6-13/h2-9,19H,10-12H2,1H3. The molecule has 1 N–H and O–H groups in total. The van der Waals surface area contributed by atoms with Crippen molar-refractivity contribution in [3.63, 3.8) is 0 Å². The third-order valence-corrected chi connectivity index (χ3v) is 6.45. The van der Waals surface area contributed by atoms with Crippen LogP contribution in [-0.4, -0.2) is 39.7 Å². The van der Waals surface area contributed by atoms with Gasteiger partial charge in [-0.25, -0.2) is 13.1 Å². The van der Waals surface area contributed by atoms with E-state index in [0.717, 1.165) is 10.5 Å². The number of ether oxygens (including phenoxy) is 1. The first-order valence-electron chi connectivity index (χ1n) is 8.08. The number of thioether (sulfide) groups is 1. The Hall–Kier alpha value is -2.36. The molecule has 9 heteroatoms. The molecule has 1 amide bonds. The molecule has 2 aromatic carbocycles. The summed E-state index contributed by atoms with van der Waals surface area (Å²) in [5, 5.41) is 0. The summed E-state index contributed by atoms with van der Waals surface area (Å²) >= 11 is 1.31. The van der Waals surface area contributed by atoms with Gasteiger partial charge in [-0.1, -0.05) is 30.3 Å². The van der Waals surface area contributed by atoms with E-state index in [0.29, 0.717) is 5.69 Å². The quantitative estimate of drug-likeness (QED) is 0.735. The van der Waals surface area contributed by atoms with Gasteiger partial charge in [0.05, 0.1) is 23.4 Å². The van der Waals surface area contributed by atoms with Crippen molar-refractivity contribution in [1.29, 1.82) is 0 Å². The van der Waals surface area contributed by atoms with E-state index in [2.05, 4.69) is 9.46 Å². The van der Waals surface area contributed by atoms with Crippen molar-refractivity contribution in [3.05, 3.63) is 54.1 Å². The van der Waals surface area contributed by atoms with Gasteiger partial charge in [0, 0.05) is 11.4 Å². The van der Waals surface area contributed by atoms with Gasteiger partial charge in [0.15, 0.2) is 0 Å². The second-order valence-corrected chi connectivity index (χ2v) is 8.57. The monoisotopic (exact) mass is 406 g/mol. The Balaban J connectivity index is 1.87. The van der Waals surface area contributed by atoms with Crippen LogP contribution in [0.2, 0.25) is 0 Å². The Morgan fingerprint density at radius 2 is 1.96 bits per heavy atom. The highest BCUT2D eigenvalue weighted by atomic mass is 32.2. The average Bonchev–Trinajstić information content (AvgIpc) is 2.69. The summed E-state index contributed by atoms with van der Waals surface area (Å²) in [6.45, 7) is -0.107. The van der Waals surface area contributed by atoms with E-state index in [1.807, 2.05) is 30.3 Å². The molecule has 142 valence electrons. The van der Waals surface area contributed by atoms with E-state index in [9.17, 15) is 18.0 Å².